The summed E-state index contributed by atoms with van der Waals surface area (Å²) in [5, 5.41) is 10.0. The molecule has 0 aliphatic carbocycles. The van der Waals surface area contributed by atoms with Gasteiger partial charge >= 0.3 is 0 Å². The third-order valence-corrected chi connectivity index (χ3v) is 5.42. The van der Waals surface area contributed by atoms with Crippen molar-refractivity contribution >= 4 is 28.5 Å². The molecule has 0 spiro atoms. The van der Waals surface area contributed by atoms with Crippen LogP contribution >= 0.6 is 0 Å². The number of amides is 2. The van der Waals surface area contributed by atoms with Crippen LogP contribution in [0.2, 0.25) is 0 Å². The van der Waals surface area contributed by atoms with Crippen LogP contribution in [0, 0.1) is 0 Å². The molecule has 0 radical (unpaired) electrons. The van der Waals surface area contributed by atoms with Crippen LogP contribution in [0.15, 0.2) is 60.4 Å². The van der Waals surface area contributed by atoms with E-state index in [4.69, 9.17) is 19.3 Å². The number of fused-ring (bicyclic) bond motifs is 3. The molecule has 0 bridgehead atoms. The van der Waals surface area contributed by atoms with Crippen LogP contribution in [0.4, 0.5) is 0 Å². The summed E-state index contributed by atoms with van der Waals surface area (Å²) in [4.78, 5) is 30.7. The average molecular weight is 466 g/mol. The minimum absolute atomic E-state index is 0.0343. The van der Waals surface area contributed by atoms with Crippen molar-refractivity contribution in [3.63, 3.8) is 0 Å². The minimum atomic E-state index is -0.295. The lowest BCUT2D eigenvalue weighted by atomic mass is 10.1. The molecule has 0 atom stereocenters. The second-order valence-electron chi connectivity index (χ2n) is 7.32. The molecule has 1 fully saturated rings. The summed E-state index contributed by atoms with van der Waals surface area (Å²) in [6, 6.07) is 15.3. The zero-order valence-corrected chi connectivity index (χ0v) is 19.1. The highest BCUT2D eigenvalue weighted by Crippen LogP contribution is 2.36. The Morgan fingerprint density at radius 2 is 1.65 bits per heavy atom. The Morgan fingerprint density at radius 1 is 0.971 bits per heavy atom. The molecule has 3 aliphatic rings. The van der Waals surface area contributed by atoms with Gasteiger partial charge in [-0.3, -0.25) is 14.5 Å². The number of β-amino-alcohol motifs (C(OH)–C–C–N with tert-alkyl or cyclic N) is 1. The molecule has 0 unspecified atom stereocenters. The van der Waals surface area contributed by atoms with Gasteiger partial charge in [0.15, 0.2) is 29.7 Å². The number of carbonyl (C=O) groups is 2. The van der Waals surface area contributed by atoms with E-state index in [1.54, 1.807) is 6.20 Å². The van der Waals surface area contributed by atoms with Gasteiger partial charge in [0, 0.05) is 29.2 Å². The molecule has 6 rings (SSSR count). The molecule has 4 heterocycles. The highest BCUT2D eigenvalue weighted by atomic mass is 16.7. The number of piperazine rings is 1. The number of hydrogen-bond donors (Lipinski definition) is 2. The molecule has 2 N–H and O–H groups in total. The molecule has 1 aromatic heterocycles. The average Bonchev–Trinajstić information content (AvgIpc) is 3.62. The van der Waals surface area contributed by atoms with Gasteiger partial charge in [0.1, 0.15) is 6.54 Å². The highest BCUT2D eigenvalue weighted by Gasteiger charge is 2.42. The quantitative estimate of drug-likeness (QED) is 0.616. The number of para-hydroxylation sites is 3. The molecular formula is C25H27N3O6. The first-order valence-corrected chi connectivity index (χ1v) is 11.2. The Labute approximate surface area is 197 Å². The largest absolute Gasteiger partial charge is 0.470 e. The summed E-state index contributed by atoms with van der Waals surface area (Å²) in [6.45, 7) is 4.31. The first-order valence-electron chi connectivity index (χ1n) is 11.2. The van der Waals surface area contributed by atoms with E-state index in [9.17, 15) is 9.59 Å². The number of benzene rings is 2. The van der Waals surface area contributed by atoms with E-state index in [-0.39, 0.29) is 43.9 Å². The number of nitrogens with zero attached hydrogens (tertiary/aromatic N) is 2. The summed E-state index contributed by atoms with van der Waals surface area (Å²) in [5.41, 5.74) is 1.93. The first kappa shape index (κ1) is 23.2. The summed E-state index contributed by atoms with van der Waals surface area (Å²) >= 11 is 0. The number of aliphatic hydroxyl groups excluding tert-OH is 1. The predicted molar refractivity (Wildman–Crippen MR) is 126 cm³/mol. The molecule has 3 aliphatic heterocycles. The predicted octanol–water partition coefficient (Wildman–Crippen LogP) is 2.93. The van der Waals surface area contributed by atoms with Crippen molar-refractivity contribution in [3.8, 4) is 11.5 Å². The number of ether oxygens (including phenoxy) is 3. The number of hydrogen-bond acceptors (Lipinski definition) is 6. The maximum absolute atomic E-state index is 12.7. The molecule has 1 saturated heterocycles. The van der Waals surface area contributed by atoms with E-state index in [0.29, 0.717) is 12.6 Å². The summed E-state index contributed by atoms with van der Waals surface area (Å²) < 4.78 is 15.8. The lowest BCUT2D eigenvalue weighted by Gasteiger charge is -2.31. The molecular weight excluding hydrogens is 438 g/mol. The van der Waals surface area contributed by atoms with E-state index in [1.165, 1.54) is 9.80 Å². The zero-order valence-electron chi connectivity index (χ0n) is 19.1. The fourth-order valence-electron chi connectivity index (χ4n) is 3.88. The normalized spacial score (nSPS) is 16.0. The van der Waals surface area contributed by atoms with Gasteiger partial charge in [-0.25, -0.2) is 0 Å². The number of rotatable bonds is 3. The smallest absolute Gasteiger partial charge is 0.275 e. The van der Waals surface area contributed by atoms with E-state index < -0.39 is 0 Å². The van der Waals surface area contributed by atoms with Crippen LogP contribution in [0.1, 0.15) is 19.4 Å². The third kappa shape index (κ3) is 4.29. The Bertz CT molecular complexity index is 1200. The Morgan fingerprint density at radius 3 is 2.35 bits per heavy atom. The van der Waals surface area contributed by atoms with Crippen molar-refractivity contribution in [2.75, 3.05) is 33.2 Å². The van der Waals surface area contributed by atoms with E-state index >= 15 is 0 Å². The van der Waals surface area contributed by atoms with Gasteiger partial charge in [0.05, 0.1) is 6.61 Å². The van der Waals surface area contributed by atoms with Gasteiger partial charge in [-0.1, -0.05) is 44.2 Å². The van der Waals surface area contributed by atoms with Crippen molar-refractivity contribution < 1.29 is 28.9 Å². The van der Waals surface area contributed by atoms with Crippen LogP contribution in [-0.2, 0) is 14.3 Å². The highest BCUT2D eigenvalue weighted by molar-refractivity contribution is 6.09. The van der Waals surface area contributed by atoms with E-state index in [1.807, 2.05) is 62.4 Å². The molecule has 9 nitrogen and oxygen atoms in total. The lowest BCUT2D eigenvalue weighted by Crippen LogP contribution is -2.51. The van der Waals surface area contributed by atoms with Gasteiger partial charge in [-0.2, -0.15) is 0 Å². The molecule has 178 valence electrons. The molecule has 2 amide bonds. The van der Waals surface area contributed by atoms with Crippen molar-refractivity contribution in [3.05, 3.63) is 66.0 Å². The van der Waals surface area contributed by atoms with Crippen molar-refractivity contribution in [1.29, 1.82) is 0 Å². The third-order valence-electron chi connectivity index (χ3n) is 5.42. The maximum atomic E-state index is 12.7. The SMILES string of the molecule is CC.O=C1C2=C(c3c[nH]c4ccccc34)OCN2C(=O)CN1CCO.c1ccc2c(c1)OCO2. The van der Waals surface area contributed by atoms with Crippen molar-refractivity contribution in [2.24, 2.45) is 0 Å². The fraction of sp³-hybridized carbons (Fsp3) is 0.280. The topological polar surface area (TPSA) is 104 Å². The summed E-state index contributed by atoms with van der Waals surface area (Å²) in [7, 11) is 0. The number of H-pyrrole nitrogens is 1. The van der Waals surface area contributed by atoms with Crippen LogP contribution < -0.4 is 9.47 Å². The van der Waals surface area contributed by atoms with Gasteiger partial charge in [-0.15, -0.1) is 0 Å². The monoisotopic (exact) mass is 465 g/mol. The Balaban J connectivity index is 0.000000207. The standard InChI is InChI=1S/C16H15N3O4.C7H6O2.C2H6/c20-6-5-18-8-13(21)19-9-23-15(14(19)16(18)22)11-7-17-12-4-2-1-3-10(11)12;1-2-4-7-6(3-1)8-5-9-7;1-2/h1-4,7,17,20H,5-6,8-9H2;1-4H,5H2;1-2H3. The fourth-order valence-corrected chi connectivity index (χ4v) is 3.88. The van der Waals surface area contributed by atoms with Gasteiger partial charge in [0.25, 0.3) is 5.91 Å². The van der Waals surface area contributed by atoms with Gasteiger partial charge < -0.3 is 29.2 Å². The minimum Gasteiger partial charge on any atom is -0.470 e. The summed E-state index contributed by atoms with van der Waals surface area (Å²) in [5.74, 6) is 1.60. The Hall–Kier alpha value is -3.98. The number of aliphatic hydroxyl groups is 1. The summed E-state index contributed by atoms with van der Waals surface area (Å²) in [6.07, 6.45) is 1.78. The van der Waals surface area contributed by atoms with Gasteiger partial charge in [-0.05, 0) is 18.2 Å². The van der Waals surface area contributed by atoms with Crippen molar-refractivity contribution in [2.45, 2.75) is 13.8 Å². The first-order chi connectivity index (χ1) is 16.7. The van der Waals surface area contributed by atoms with Crippen molar-refractivity contribution in [1.82, 2.24) is 14.8 Å². The number of aromatic amines is 1. The number of aromatic nitrogens is 1. The van der Waals surface area contributed by atoms with Crippen LogP contribution in [0.5, 0.6) is 11.5 Å². The van der Waals surface area contributed by atoms with Crippen LogP contribution in [0.25, 0.3) is 16.7 Å². The maximum Gasteiger partial charge on any atom is 0.275 e. The van der Waals surface area contributed by atoms with Crippen LogP contribution in [0.3, 0.4) is 0 Å². The second kappa shape index (κ2) is 10.3. The molecule has 3 aromatic rings. The molecule has 9 heteroatoms. The van der Waals surface area contributed by atoms with E-state index in [0.717, 1.165) is 28.0 Å². The number of carbonyl (C=O) groups excluding carboxylic acids is 2. The van der Waals surface area contributed by atoms with Gasteiger partial charge in [0.2, 0.25) is 12.7 Å². The van der Waals surface area contributed by atoms with Crippen LogP contribution in [-0.4, -0.2) is 64.9 Å². The molecule has 34 heavy (non-hydrogen) atoms. The zero-order chi connectivity index (χ0) is 24.1. The molecule has 0 saturated carbocycles. The second-order valence-corrected chi connectivity index (χ2v) is 7.32. The lowest BCUT2D eigenvalue weighted by molar-refractivity contribution is -0.146. The molecule has 2 aromatic carbocycles. The van der Waals surface area contributed by atoms with E-state index in [2.05, 4.69) is 4.98 Å². The number of nitrogens with one attached hydrogen (secondary N) is 1. The Kier molecular flexibility index (Phi) is 7.03.